The van der Waals surface area contributed by atoms with E-state index in [9.17, 15) is 9.59 Å². The van der Waals surface area contributed by atoms with Gasteiger partial charge in [0.2, 0.25) is 0 Å². The Morgan fingerprint density at radius 3 is 2.50 bits per heavy atom. The van der Waals surface area contributed by atoms with E-state index in [1.165, 1.54) is 23.2 Å². The molecule has 0 aliphatic rings. The van der Waals surface area contributed by atoms with Crippen LogP contribution < -0.4 is 10.6 Å². The van der Waals surface area contributed by atoms with Gasteiger partial charge in [0, 0.05) is 22.2 Å². The molecule has 0 unspecified atom stereocenters. The summed E-state index contributed by atoms with van der Waals surface area (Å²) in [5, 5.41) is 8.02. The molecule has 0 saturated heterocycles. The van der Waals surface area contributed by atoms with E-state index < -0.39 is 0 Å². The molecule has 0 saturated carbocycles. The summed E-state index contributed by atoms with van der Waals surface area (Å²) in [6.45, 7) is 3.89. The quantitative estimate of drug-likeness (QED) is 0.447. The van der Waals surface area contributed by atoms with Crippen LogP contribution >= 0.6 is 11.3 Å². The molecule has 30 heavy (non-hydrogen) atoms. The minimum absolute atomic E-state index is 0.204. The summed E-state index contributed by atoms with van der Waals surface area (Å²) in [6.07, 6.45) is 1.44. The SMILES string of the molecule is Cc1ccc(-c2csc(NC(=O)c3ccc(C)c(NC(=O)c4ccco4)c3)n2)cc1. The van der Waals surface area contributed by atoms with Gasteiger partial charge in [0.1, 0.15) is 0 Å². The normalized spacial score (nSPS) is 10.6. The molecule has 0 aliphatic carbocycles. The number of carbonyl (C=O) groups is 2. The van der Waals surface area contributed by atoms with Crippen LogP contribution in [0.1, 0.15) is 32.0 Å². The number of anilines is 2. The standard InChI is InChI=1S/C23H19N3O3S/c1-14-5-8-16(9-6-14)19-13-30-23(25-19)26-21(27)17-10-7-15(2)18(12-17)24-22(28)20-4-3-11-29-20/h3-13H,1-2H3,(H,24,28)(H,25,26,27). The number of nitrogens with zero attached hydrogens (tertiary/aromatic N) is 1. The molecule has 4 aromatic rings. The topological polar surface area (TPSA) is 84.2 Å². The molecule has 7 heteroatoms. The first-order valence-electron chi connectivity index (χ1n) is 9.29. The zero-order chi connectivity index (χ0) is 21.1. The van der Waals surface area contributed by atoms with Crippen molar-refractivity contribution < 1.29 is 14.0 Å². The van der Waals surface area contributed by atoms with Crippen LogP contribution in [0.5, 0.6) is 0 Å². The van der Waals surface area contributed by atoms with Crippen LogP contribution in [0.4, 0.5) is 10.8 Å². The minimum atomic E-state index is -0.372. The maximum atomic E-state index is 12.7. The van der Waals surface area contributed by atoms with E-state index in [0.29, 0.717) is 16.4 Å². The van der Waals surface area contributed by atoms with Gasteiger partial charge in [0.05, 0.1) is 12.0 Å². The van der Waals surface area contributed by atoms with E-state index in [0.717, 1.165) is 16.8 Å². The van der Waals surface area contributed by atoms with Gasteiger partial charge in [-0.1, -0.05) is 35.9 Å². The molecular formula is C23H19N3O3S. The molecule has 4 rings (SSSR count). The number of aromatic nitrogens is 1. The maximum Gasteiger partial charge on any atom is 0.291 e. The highest BCUT2D eigenvalue weighted by Crippen LogP contribution is 2.26. The third kappa shape index (κ3) is 4.31. The smallest absolute Gasteiger partial charge is 0.291 e. The van der Waals surface area contributed by atoms with Gasteiger partial charge in [-0.25, -0.2) is 4.98 Å². The van der Waals surface area contributed by atoms with Crippen molar-refractivity contribution >= 4 is 34.0 Å². The van der Waals surface area contributed by atoms with Crippen LogP contribution in [-0.2, 0) is 0 Å². The molecule has 0 radical (unpaired) electrons. The Hall–Kier alpha value is -3.71. The summed E-state index contributed by atoms with van der Waals surface area (Å²) in [5.41, 5.74) is 4.78. The zero-order valence-electron chi connectivity index (χ0n) is 16.4. The Morgan fingerprint density at radius 2 is 1.77 bits per heavy atom. The molecule has 0 atom stereocenters. The second kappa shape index (κ2) is 8.34. The maximum absolute atomic E-state index is 12.7. The van der Waals surface area contributed by atoms with Gasteiger partial charge in [-0.2, -0.15) is 0 Å². The summed E-state index contributed by atoms with van der Waals surface area (Å²) in [6, 6.07) is 16.4. The van der Waals surface area contributed by atoms with Crippen molar-refractivity contribution in [2.75, 3.05) is 10.6 Å². The Kier molecular flexibility index (Phi) is 5.45. The average molecular weight is 417 g/mol. The fourth-order valence-corrected chi connectivity index (χ4v) is 3.56. The van der Waals surface area contributed by atoms with Gasteiger partial charge < -0.3 is 9.73 Å². The minimum Gasteiger partial charge on any atom is -0.459 e. The molecule has 0 bridgehead atoms. The summed E-state index contributed by atoms with van der Waals surface area (Å²) in [4.78, 5) is 29.5. The number of furan rings is 1. The fraction of sp³-hybridized carbons (Fsp3) is 0.0870. The first-order chi connectivity index (χ1) is 14.5. The summed E-state index contributed by atoms with van der Waals surface area (Å²) >= 11 is 1.36. The highest BCUT2D eigenvalue weighted by atomic mass is 32.1. The van der Waals surface area contributed by atoms with Crippen molar-refractivity contribution in [3.63, 3.8) is 0 Å². The summed E-state index contributed by atoms with van der Waals surface area (Å²) in [7, 11) is 0. The Bertz CT molecular complexity index is 1190. The number of carbonyl (C=O) groups excluding carboxylic acids is 2. The fourth-order valence-electron chi connectivity index (χ4n) is 2.85. The Labute approximate surface area is 177 Å². The molecule has 2 amide bonds. The lowest BCUT2D eigenvalue weighted by Crippen LogP contribution is -2.15. The van der Waals surface area contributed by atoms with Crippen molar-refractivity contribution in [3.05, 3.63) is 88.7 Å². The summed E-state index contributed by atoms with van der Waals surface area (Å²) in [5.74, 6) is -0.465. The van der Waals surface area contributed by atoms with Crippen LogP contribution in [0.25, 0.3) is 11.3 Å². The van der Waals surface area contributed by atoms with Gasteiger partial charge in [0.25, 0.3) is 11.8 Å². The average Bonchev–Trinajstić information content (AvgIpc) is 3.42. The molecule has 2 heterocycles. The van der Waals surface area contributed by atoms with Crippen molar-refractivity contribution in [1.82, 2.24) is 4.98 Å². The number of rotatable bonds is 5. The highest BCUT2D eigenvalue weighted by molar-refractivity contribution is 7.14. The number of nitrogens with one attached hydrogen (secondary N) is 2. The second-order valence-corrected chi connectivity index (χ2v) is 7.68. The van der Waals surface area contributed by atoms with Gasteiger partial charge in [-0.05, 0) is 43.7 Å². The third-order valence-electron chi connectivity index (χ3n) is 4.56. The van der Waals surface area contributed by atoms with Crippen LogP contribution in [0, 0.1) is 13.8 Å². The molecule has 0 fully saturated rings. The van der Waals surface area contributed by atoms with Gasteiger partial charge in [0.15, 0.2) is 10.9 Å². The predicted molar refractivity (Wildman–Crippen MR) is 118 cm³/mol. The molecule has 0 spiro atoms. The van der Waals surface area contributed by atoms with Gasteiger partial charge in [-0.15, -0.1) is 11.3 Å². The molecule has 6 nitrogen and oxygen atoms in total. The van der Waals surface area contributed by atoms with Crippen LogP contribution in [-0.4, -0.2) is 16.8 Å². The van der Waals surface area contributed by atoms with Crippen molar-refractivity contribution in [2.45, 2.75) is 13.8 Å². The van der Waals surface area contributed by atoms with E-state index in [-0.39, 0.29) is 17.6 Å². The third-order valence-corrected chi connectivity index (χ3v) is 5.32. The van der Waals surface area contributed by atoms with Crippen LogP contribution in [0.2, 0.25) is 0 Å². The van der Waals surface area contributed by atoms with E-state index in [1.807, 2.05) is 43.5 Å². The van der Waals surface area contributed by atoms with E-state index >= 15 is 0 Å². The Morgan fingerprint density at radius 1 is 0.967 bits per heavy atom. The lowest BCUT2D eigenvalue weighted by Gasteiger charge is -2.09. The number of hydrogen-bond acceptors (Lipinski definition) is 5. The van der Waals surface area contributed by atoms with Crippen molar-refractivity contribution in [2.24, 2.45) is 0 Å². The molecule has 150 valence electrons. The van der Waals surface area contributed by atoms with Gasteiger partial charge >= 0.3 is 0 Å². The molecular weight excluding hydrogens is 398 g/mol. The predicted octanol–water partition coefficient (Wildman–Crippen LogP) is 5.52. The van der Waals surface area contributed by atoms with Crippen molar-refractivity contribution in [1.29, 1.82) is 0 Å². The zero-order valence-corrected chi connectivity index (χ0v) is 17.2. The van der Waals surface area contributed by atoms with E-state index in [1.54, 1.807) is 30.3 Å². The largest absolute Gasteiger partial charge is 0.459 e. The molecule has 2 aromatic carbocycles. The first kappa shape index (κ1) is 19.6. The lowest BCUT2D eigenvalue weighted by atomic mass is 10.1. The van der Waals surface area contributed by atoms with Crippen LogP contribution in [0.15, 0.2) is 70.7 Å². The molecule has 0 aliphatic heterocycles. The number of hydrogen-bond donors (Lipinski definition) is 2. The van der Waals surface area contributed by atoms with Gasteiger partial charge in [-0.3, -0.25) is 14.9 Å². The Balaban J connectivity index is 1.48. The first-order valence-corrected chi connectivity index (χ1v) is 10.2. The van der Waals surface area contributed by atoms with E-state index in [2.05, 4.69) is 15.6 Å². The summed E-state index contributed by atoms with van der Waals surface area (Å²) < 4.78 is 5.11. The highest BCUT2D eigenvalue weighted by Gasteiger charge is 2.14. The van der Waals surface area contributed by atoms with E-state index in [4.69, 9.17) is 4.42 Å². The monoisotopic (exact) mass is 417 g/mol. The number of thiazole rings is 1. The number of aryl methyl sites for hydroxylation is 2. The lowest BCUT2D eigenvalue weighted by molar-refractivity contribution is 0.0993. The number of amides is 2. The van der Waals surface area contributed by atoms with Crippen LogP contribution in [0.3, 0.4) is 0 Å². The number of benzene rings is 2. The molecule has 2 aromatic heterocycles. The molecule has 2 N–H and O–H groups in total. The second-order valence-electron chi connectivity index (χ2n) is 6.82. The van der Waals surface area contributed by atoms with Crippen molar-refractivity contribution in [3.8, 4) is 11.3 Å².